The first-order chi connectivity index (χ1) is 9.68. The molecule has 1 amide bonds. The van der Waals surface area contributed by atoms with Gasteiger partial charge in [-0.3, -0.25) is 4.79 Å². The number of benzene rings is 2. The zero-order chi connectivity index (χ0) is 14.1. The highest BCUT2D eigenvalue weighted by molar-refractivity contribution is 6.06. The van der Waals surface area contributed by atoms with E-state index >= 15 is 0 Å². The molecule has 0 bridgehead atoms. The Morgan fingerprint density at radius 1 is 0.900 bits per heavy atom. The van der Waals surface area contributed by atoms with Crippen LogP contribution in [0.2, 0.25) is 0 Å². The summed E-state index contributed by atoms with van der Waals surface area (Å²) >= 11 is 0. The molecular formula is C18H17NO. The van der Waals surface area contributed by atoms with Crippen LogP contribution in [0, 0.1) is 0 Å². The van der Waals surface area contributed by atoms with Crippen molar-refractivity contribution in [2.75, 3.05) is 13.6 Å². The van der Waals surface area contributed by atoms with E-state index in [4.69, 9.17) is 0 Å². The van der Waals surface area contributed by atoms with E-state index in [0.29, 0.717) is 6.54 Å². The summed E-state index contributed by atoms with van der Waals surface area (Å²) in [7, 11) is 1.85. The summed E-state index contributed by atoms with van der Waals surface area (Å²) in [6.45, 7) is 2.61. The molecular weight excluding hydrogens is 246 g/mol. The van der Waals surface area contributed by atoms with Gasteiger partial charge in [-0.25, -0.2) is 0 Å². The average molecular weight is 263 g/mol. The summed E-state index contributed by atoms with van der Waals surface area (Å²) in [5.41, 5.74) is 5.53. The van der Waals surface area contributed by atoms with Crippen LogP contribution in [-0.4, -0.2) is 24.4 Å². The summed E-state index contributed by atoms with van der Waals surface area (Å²) < 4.78 is 0. The van der Waals surface area contributed by atoms with Crippen LogP contribution in [0.15, 0.2) is 60.2 Å². The van der Waals surface area contributed by atoms with Crippen LogP contribution in [0.25, 0.3) is 16.7 Å². The highest BCUT2D eigenvalue weighted by atomic mass is 16.2. The molecule has 1 heterocycles. The lowest BCUT2D eigenvalue weighted by atomic mass is 9.93. The third kappa shape index (κ3) is 2.03. The van der Waals surface area contributed by atoms with Crippen molar-refractivity contribution in [3.8, 4) is 11.1 Å². The van der Waals surface area contributed by atoms with Gasteiger partial charge in [0.05, 0.1) is 0 Å². The number of hydrogen-bond donors (Lipinski definition) is 0. The second-order valence-corrected chi connectivity index (χ2v) is 5.18. The van der Waals surface area contributed by atoms with E-state index in [0.717, 1.165) is 16.7 Å². The first-order valence-electron chi connectivity index (χ1n) is 6.78. The van der Waals surface area contributed by atoms with Gasteiger partial charge in [0.1, 0.15) is 0 Å². The van der Waals surface area contributed by atoms with Gasteiger partial charge in [-0.05, 0) is 29.2 Å². The standard InChI is InChI=1S/C18H17NO/c1-13-17(12-19(2)18(13)20)16-11-7-6-10-15(16)14-8-4-3-5-9-14/h3-11H,12H2,1-2H3. The second kappa shape index (κ2) is 4.97. The smallest absolute Gasteiger partial charge is 0.249 e. The van der Waals surface area contributed by atoms with E-state index < -0.39 is 0 Å². The molecule has 0 spiro atoms. The van der Waals surface area contributed by atoms with Crippen molar-refractivity contribution >= 4 is 11.5 Å². The topological polar surface area (TPSA) is 20.3 Å². The quantitative estimate of drug-likeness (QED) is 0.810. The molecule has 100 valence electrons. The molecule has 2 heteroatoms. The molecule has 0 saturated carbocycles. The molecule has 20 heavy (non-hydrogen) atoms. The van der Waals surface area contributed by atoms with Crippen LogP contribution in [0.1, 0.15) is 12.5 Å². The van der Waals surface area contributed by atoms with Crippen LogP contribution in [0.5, 0.6) is 0 Å². The van der Waals surface area contributed by atoms with Crippen LogP contribution in [0.3, 0.4) is 0 Å². The summed E-state index contributed by atoms with van der Waals surface area (Å²) in [6, 6.07) is 18.6. The molecule has 0 saturated heterocycles. The Balaban J connectivity index is 2.15. The van der Waals surface area contributed by atoms with E-state index in [1.165, 1.54) is 11.1 Å². The SMILES string of the molecule is CC1=C(c2ccccc2-c2ccccc2)CN(C)C1=O. The summed E-state index contributed by atoms with van der Waals surface area (Å²) in [5.74, 6) is 0.128. The zero-order valence-corrected chi connectivity index (χ0v) is 11.8. The fourth-order valence-electron chi connectivity index (χ4n) is 2.75. The monoisotopic (exact) mass is 263 g/mol. The molecule has 0 radical (unpaired) electrons. The molecule has 0 N–H and O–H groups in total. The van der Waals surface area contributed by atoms with Crippen molar-refractivity contribution in [2.24, 2.45) is 0 Å². The third-order valence-corrected chi connectivity index (χ3v) is 3.85. The highest BCUT2D eigenvalue weighted by Crippen LogP contribution is 2.33. The van der Waals surface area contributed by atoms with Crippen molar-refractivity contribution in [3.05, 3.63) is 65.7 Å². The minimum Gasteiger partial charge on any atom is -0.338 e. The lowest BCUT2D eigenvalue weighted by Gasteiger charge is -2.12. The summed E-state index contributed by atoms with van der Waals surface area (Å²) in [6.07, 6.45) is 0. The van der Waals surface area contributed by atoms with Gasteiger partial charge in [-0.1, -0.05) is 54.6 Å². The zero-order valence-electron chi connectivity index (χ0n) is 11.8. The maximum atomic E-state index is 12.0. The van der Waals surface area contributed by atoms with Crippen LogP contribution in [0.4, 0.5) is 0 Å². The van der Waals surface area contributed by atoms with E-state index in [9.17, 15) is 4.79 Å². The second-order valence-electron chi connectivity index (χ2n) is 5.18. The van der Waals surface area contributed by atoms with Gasteiger partial charge in [0.25, 0.3) is 0 Å². The van der Waals surface area contributed by atoms with Gasteiger partial charge >= 0.3 is 0 Å². The van der Waals surface area contributed by atoms with Crippen molar-refractivity contribution in [2.45, 2.75) is 6.92 Å². The highest BCUT2D eigenvalue weighted by Gasteiger charge is 2.26. The molecule has 0 fully saturated rings. The van der Waals surface area contributed by atoms with Gasteiger partial charge < -0.3 is 4.90 Å². The predicted molar refractivity (Wildman–Crippen MR) is 82.1 cm³/mol. The first-order valence-corrected chi connectivity index (χ1v) is 6.78. The molecule has 2 aromatic rings. The lowest BCUT2D eigenvalue weighted by molar-refractivity contribution is -0.124. The molecule has 0 aliphatic carbocycles. The molecule has 3 rings (SSSR count). The van der Waals surface area contributed by atoms with Crippen molar-refractivity contribution in [3.63, 3.8) is 0 Å². The number of carbonyl (C=O) groups is 1. The van der Waals surface area contributed by atoms with Gasteiger partial charge in [-0.2, -0.15) is 0 Å². The molecule has 0 atom stereocenters. The number of amides is 1. The molecule has 0 unspecified atom stereocenters. The Labute approximate surface area is 119 Å². The molecule has 1 aliphatic rings. The number of likely N-dealkylation sites (N-methyl/N-ethyl adjacent to an activating group) is 1. The van der Waals surface area contributed by atoms with Gasteiger partial charge in [0.2, 0.25) is 5.91 Å². The number of hydrogen-bond acceptors (Lipinski definition) is 1. The van der Waals surface area contributed by atoms with E-state index in [2.05, 4.69) is 24.3 Å². The fraction of sp³-hybridized carbons (Fsp3) is 0.167. The van der Waals surface area contributed by atoms with Crippen molar-refractivity contribution in [1.82, 2.24) is 4.90 Å². The maximum Gasteiger partial charge on any atom is 0.249 e. The minimum absolute atomic E-state index is 0.128. The Morgan fingerprint density at radius 3 is 2.10 bits per heavy atom. The van der Waals surface area contributed by atoms with E-state index in [-0.39, 0.29) is 5.91 Å². The van der Waals surface area contributed by atoms with E-state index in [1.807, 2.05) is 44.3 Å². The normalized spacial score (nSPS) is 15.1. The maximum absolute atomic E-state index is 12.0. The Morgan fingerprint density at radius 2 is 1.50 bits per heavy atom. The lowest BCUT2D eigenvalue weighted by Crippen LogP contribution is -2.21. The van der Waals surface area contributed by atoms with E-state index in [1.54, 1.807) is 4.90 Å². The van der Waals surface area contributed by atoms with Crippen LogP contribution in [-0.2, 0) is 4.79 Å². The minimum atomic E-state index is 0.128. The van der Waals surface area contributed by atoms with Crippen LogP contribution >= 0.6 is 0 Å². The van der Waals surface area contributed by atoms with Crippen LogP contribution < -0.4 is 0 Å². The molecule has 2 aromatic carbocycles. The number of carbonyl (C=O) groups excluding carboxylic acids is 1. The number of nitrogens with zero attached hydrogens (tertiary/aromatic N) is 1. The fourth-order valence-corrected chi connectivity index (χ4v) is 2.75. The average Bonchev–Trinajstić information content (AvgIpc) is 2.76. The largest absolute Gasteiger partial charge is 0.338 e. The van der Waals surface area contributed by atoms with Gasteiger partial charge in [0.15, 0.2) is 0 Å². The molecule has 0 aromatic heterocycles. The molecule has 1 aliphatic heterocycles. The summed E-state index contributed by atoms with van der Waals surface area (Å²) in [4.78, 5) is 13.8. The van der Waals surface area contributed by atoms with Crippen molar-refractivity contribution in [1.29, 1.82) is 0 Å². The predicted octanol–water partition coefficient (Wildman–Crippen LogP) is 3.60. The Kier molecular flexibility index (Phi) is 3.15. The summed E-state index contributed by atoms with van der Waals surface area (Å²) in [5, 5.41) is 0. The van der Waals surface area contributed by atoms with Crippen molar-refractivity contribution < 1.29 is 4.79 Å². The van der Waals surface area contributed by atoms with Gasteiger partial charge in [-0.15, -0.1) is 0 Å². The molecule has 2 nitrogen and oxygen atoms in total. The Bertz CT molecular complexity index is 686. The third-order valence-electron chi connectivity index (χ3n) is 3.85. The first kappa shape index (κ1) is 12.7. The van der Waals surface area contributed by atoms with Gasteiger partial charge in [0, 0.05) is 19.2 Å². The Hall–Kier alpha value is -2.35. The number of rotatable bonds is 2.